The summed E-state index contributed by atoms with van der Waals surface area (Å²) < 4.78 is 0. The minimum absolute atomic E-state index is 0.155. The number of nitrogens with one attached hydrogen (secondary N) is 1. The number of hydrogen-bond acceptors (Lipinski definition) is 4. The number of rotatable bonds is 5. The molecule has 0 aliphatic heterocycles. The van der Waals surface area contributed by atoms with Gasteiger partial charge in [-0.2, -0.15) is 0 Å². The minimum atomic E-state index is -1.13. The van der Waals surface area contributed by atoms with E-state index in [9.17, 15) is 19.7 Å². The number of anilines is 1. The van der Waals surface area contributed by atoms with Crippen molar-refractivity contribution in [2.75, 3.05) is 11.9 Å². The number of nitro groups is 1. The molecule has 2 amide bonds. The van der Waals surface area contributed by atoms with Crippen LogP contribution in [0.1, 0.15) is 13.8 Å². The molecule has 0 bridgehead atoms. The highest BCUT2D eigenvalue weighted by atomic mass is 16.6. The van der Waals surface area contributed by atoms with Crippen molar-refractivity contribution in [3.8, 4) is 0 Å². The van der Waals surface area contributed by atoms with E-state index in [1.54, 1.807) is 13.8 Å². The molecule has 0 heterocycles. The van der Waals surface area contributed by atoms with Crippen molar-refractivity contribution in [3.63, 3.8) is 0 Å². The molecule has 0 aromatic heterocycles. The molecular weight excluding hydrogens is 266 g/mol. The van der Waals surface area contributed by atoms with Crippen LogP contribution in [0.15, 0.2) is 24.3 Å². The van der Waals surface area contributed by atoms with E-state index in [1.165, 1.54) is 24.3 Å². The third kappa shape index (κ3) is 4.23. The smallest absolute Gasteiger partial charge is 0.323 e. The number of nitrogens with zero attached hydrogens (tertiary/aromatic N) is 2. The van der Waals surface area contributed by atoms with Gasteiger partial charge in [-0.15, -0.1) is 0 Å². The van der Waals surface area contributed by atoms with Gasteiger partial charge in [-0.25, -0.2) is 4.79 Å². The van der Waals surface area contributed by atoms with Gasteiger partial charge in [-0.3, -0.25) is 14.9 Å². The molecule has 1 aromatic carbocycles. The Hall–Kier alpha value is -2.64. The Kier molecular flexibility index (Phi) is 5.01. The Bertz CT molecular complexity index is 530. The van der Waals surface area contributed by atoms with E-state index in [-0.39, 0.29) is 17.4 Å². The summed E-state index contributed by atoms with van der Waals surface area (Å²) in [5.41, 5.74) is 0.0809. The molecule has 108 valence electrons. The average molecular weight is 281 g/mol. The molecule has 0 aliphatic carbocycles. The predicted octanol–water partition coefficient (Wildman–Crippen LogP) is 1.92. The highest BCUT2D eigenvalue weighted by Gasteiger charge is 2.20. The van der Waals surface area contributed by atoms with Gasteiger partial charge in [0.15, 0.2) is 0 Å². The summed E-state index contributed by atoms with van der Waals surface area (Å²) in [6.45, 7) is 2.91. The number of amides is 2. The fourth-order valence-corrected chi connectivity index (χ4v) is 1.53. The van der Waals surface area contributed by atoms with Gasteiger partial charge >= 0.3 is 12.0 Å². The molecule has 8 nitrogen and oxygen atoms in total. The van der Waals surface area contributed by atoms with Gasteiger partial charge in [0.2, 0.25) is 0 Å². The molecule has 1 aromatic rings. The molecule has 2 N–H and O–H groups in total. The van der Waals surface area contributed by atoms with Crippen LogP contribution in [0, 0.1) is 10.1 Å². The summed E-state index contributed by atoms with van der Waals surface area (Å²) in [6.07, 6.45) is 0. The Balaban J connectivity index is 2.85. The molecule has 0 spiro atoms. The molecule has 0 radical (unpaired) electrons. The van der Waals surface area contributed by atoms with E-state index in [1.807, 2.05) is 0 Å². The van der Waals surface area contributed by atoms with Crippen LogP contribution < -0.4 is 5.32 Å². The number of urea groups is 1. The van der Waals surface area contributed by atoms with E-state index >= 15 is 0 Å². The molecule has 1 rings (SSSR count). The lowest BCUT2D eigenvalue weighted by molar-refractivity contribution is -0.384. The second-order valence-electron chi connectivity index (χ2n) is 4.35. The van der Waals surface area contributed by atoms with Gasteiger partial charge in [0.1, 0.15) is 6.54 Å². The monoisotopic (exact) mass is 281 g/mol. The zero-order chi connectivity index (χ0) is 15.3. The van der Waals surface area contributed by atoms with Gasteiger partial charge in [-0.1, -0.05) is 6.07 Å². The third-order valence-corrected chi connectivity index (χ3v) is 2.50. The number of carboxylic acid groups (broad SMARTS) is 1. The van der Waals surface area contributed by atoms with E-state index in [2.05, 4.69) is 5.32 Å². The van der Waals surface area contributed by atoms with Gasteiger partial charge in [-0.05, 0) is 19.9 Å². The first-order valence-electron chi connectivity index (χ1n) is 5.85. The number of non-ortho nitro benzene ring substituents is 1. The maximum Gasteiger partial charge on any atom is 0.323 e. The first-order valence-corrected chi connectivity index (χ1v) is 5.85. The Morgan fingerprint density at radius 3 is 2.60 bits per heavy atom. The van der Waals surface area contributed by atoms with Gasteiger partial charge in [0, 0.05) is 23.9 Å². The summed E-state index contributed by atoms with van der Waals surface area (Å²) in [4.78, 5) is 33.8. The van der Waals surface area contributed by atoms with Crippen molar-refractivity contribution < 1.29 is 19.6 Å². The number of aliphatic carboxylic acids is 1. The van der Waals surface area contributed by atoms with Crippen molar-refractivity contribution in [2.24, 2.45) is 0 Å². The SMILES string of the molecule is CC(C)N(CC(=O)O)C(=O)Nc1cccc([N+](=O)[O-])c1. The minimum Gasteiger partial charge on any atom is -0.480 e. The van der Waals surface area contributed by atoms with Crippen LogP contribution in [-0.4, -0.2) is 39.5 Å². The van der Waals surface area contributed by atoms with Crippen LogP contribution in [0.25, 0.3) is 0 Å². The summed E-state index contributed by atoms with van der Waals surface area (Å²) in [5, 5.41) is 21.8. The Morgan fingerprint density at radius 1 is 1.45 bits per heavy atom. The van der Waals surface area contributed by atoms with E-state index < -0.39 is 23.5 Å². The Morgan fingerprint density at radius 2 is 2.10 bits per heavy atom. The molecule has 0 fully saturated rings. The number of carbonyl (C=O) groups excluding carboxylic acids is 1. The third-order valence-electron chi connectivity index (χ3n) is 2.50. The second-order valence-corrected chi connectivity index (χ2v) is 4.35. The zero-order valence-electron chi connectivity index (χ0n) is 11.1. The molecule has 20 heavy (non-hydrogen) atoms. The van der Waals surface area contributed by atoms with E-state index in [0.29, 0.717) is 0 Å². The van der Waals surface area contributed by atoms with Crippen molar-refractivity contribution in [3.05, 3.63) is 34.4 Å². The van der Waals surface area contributed by atoms with Crippen LogP contribution in [0.4, 0.5) is 16.2 Å². The summed E-state index contributed by atoms with van der Waals surface area (Å²) in [5.74, 6) is -1.13. The van der Waals surface area contributed by atoms with Crippen molar-refractivity contribution in [2.45, 2.75) is 19.9 Å². The molecule has 0 saturated heterocycles. The Labute approximate surface area is 115 Å². The van der Waals surface area contributed by atoms with Gasteiger partial charge < -0.3 is 15.3 Å². The van der Waals surface area contributed by atoms with Gasteiger partial charge in [0.25, 0.3) is 5.69 Å². The number of hydrogen-bond donors (Lipinski definition) is 2. The number of benzene rings is 1. The lowest BCUT2D eigenvalue weighted by Gasteiger charge is -2.25. The fourth-order valence-electron chi connectivity index (χ4n) is 1.53. The maximum absolute atomic E-state index is 12.0. The molecule has 0 unspecified atom stereocenters. The highest BCUT2D eigenvalue weighted by Crippen LogP contribution is 2.17. The van der Waals surface area contributed by atoms with Crippen LogP contribution in [0.3, 0.4) is 0 Å². The molecular formula is C12H15N3O5. The van der Waals surface area contributed by atoms with Crippen LogP contribution in [-0.2, 0) is 4.79 Å². The highest BCUT2D eigenvalue weighted by molar-refractivity contribution is 5.91. The molecule has 0 saturated carbocycles. The lowest BCUT2D eigenvalue weighted by atomic mass is 10.3. The fraction of sp³-hybridized carbons (Fsp3) is 0.333. The second kappa shape index (κ2) is 6.50. The largest absolute Gasteiger partial charge is 0.480 e. The van der Waals surface area contributed by atoms with Crippen LogP contribution in [0.5, 0.6) is 0 Å². The summed E-state index contributed by atoms with van der Waals surface area (Å²) in [6, 6.07) is 4.49. The molecule has 0 atom stereocenters. The van der Waals surface area contributed by atoms with Crippen molar-refractivity contribution >= 4 is 23.4 Å². The van der Waals surface area contributed by atoms with Crippen LogP contribution >= 0.6 is 0 Å². The summed E-state index contributed by atoms with van der Waals surface area (Å²) in [7, 11) is 0. The normalized spacial score (nSPS) is 10.2. The number of carboxylic acids is 1. The number of carbonyl (C=O) groups is 2. The quantitative estimate of drug-likeness (QED) is 0.632. The van der Waals surface area contributed by atoms with E-state index in [4.69, 9.17) is 5.11 Å². The first-order chi connectivity index (χ1) is 9.31. The molecule has 8 heteroatoms. The maximum atomic E-state index is 12.0. The first kappa shape index (κ1) is 15.4. The van der Waals surface area contributed by atoms with Crippen LogP contribution in [0.2, 0.25) is 0 Å². The summed E-state index contributed by atoms with van der Waals surface area (Å²) >= 11 is 0. The topological polar surface area (TPSA) is 113 Å². The zero-order valence-corrected chi connectivity index (χ0v) is 11.1. The number of nitro benzene ring substituents is 1. The van der Waals surface area contributed by atoms with Crippen molar-refractivity contribution in [1.29, 1.82) is 0 Å². The molecule has 0 aliphatic rings. The lowest BCUT2D eigenvalue weighted by Crippen LogP contribution is -2.43. The van der Waals surface area contributed by atoms with Gasteiger partial charge in [0.05, 0.1) is 4.92 Å². The predicted molar refractivity (Wildman–Crippen MR) is 71.6 cm³/mol. The van der Waals surface area contributed by atoms with E-state index in [0.717, 1.165) is 4.90 Å². The standard InChI is InChI=1S/C12H15N3O5/c1-8(2)14(7-11(16)17)12(18)13-9-4-3-5-10(6-9)15(19)20/h3-6,8H,7H2,1-2H3,(H,13,18)(H,16,17). The van der Waals surface area contributed by atoms with Crippen molar-refractivity contribution in [1.82, 2.24) is 4.90 Å². The average Bonchev–Trinajstić information content (AvgIpc) is 2.35.